The minimum atomic E-state index is -4.28. The Bertz CT molecular complexity index is 1130. The number of esters is 2. The van der Waals surface area contributed by atoms with Crippen LogP contribution < -0.4 is 10.1 Å². The summed E-state index contributed by atoms with van der Waals surface area (Å²) < 4.78 is 67.8. The van der Waals surface area contributed by atoms with Crippen molar-refractivity contribution in [2.75, 3.05) is 78.7 Å². The first kappa shape index (κ1) is 42.4. The number of Topliss-reactive ketones (excluding diaryl/α,β-unsaturated/α-hetero) is 1. The van der Waals surface area contributed by atoms with Gasteiger partial charge in [0.05, 0.1) is 19.7 Å². The van der Waals surface area contributed by atoms with Gasteiger partial charge in [0.15, 0.2) is 6.61 Å². The van der Waals surface area contributed by atoms with E-state index in [1.807, 2.05) is 51.3 Å². The van der Waals surface area contributed by atoms with Crippen molar-refractivity contribution >= 4 is 17.7 Å². The lowest BCUT2D eigenvalue weighted by atomic mass is 9.90. The molecule has 1 aliphatic heterocycles. The van der Waals surface area contributed by atoms with Gasteiger partial charge in [0.25, 0.3) is 0 Å². The molecule has 10 nitrogen and oxygen atoms in total. The molecule has 1 unspecified atom stereocenters. The number of nitrogens with one attached hydrogen (secondary N) is 1. The van der Waals surface area contributed by atoms with Crippen LogP contribution in [0, 0.1) is 5.41 Å². The Balaban J connectivity index is 2.33. The number of nitrogens with zero attached hydrogens (tertiary/aromatic N) is 3. The van der Waals surface area contributed by atoms with Crippen LogP contribution in [-0.2, 0) is 30.3 Å². The van der Waals surface area contributed by atoms with Gasteiger partial charge in [-0.15, -0.1) is 0 Å². The van der Waals surface area contributed by atoms with Crippen LogP contribution in [0.3, 0.4) is 0 Å². The Labute approximate surface area is 288 Å². The second kappa shape index (κ2) is 19.5. The van der Waals surface area contributed by atoms with Gasteiger partial charge in [-0.25, -0.2) is 8.78 Å². The molecule has 0 bridgehead atoms. The lowest BCUT2D eigenvalue weighted by Gasteiger charge is -2.35. The number of carbonyl (C=O) groups is 3. The first-order valence-electron chi connectivity index (χ1n) is 17.0. The standard InChI is InChI=1S/C35H56F4N4O6/c1-8-47-31(46)29(21-26-9-11-28(12-10-26)48-25-35(38,39)32(36)37)43-19-17-41(23-27(44)22-33(2,3)4)15-13-40-14-16-42(18-20-43)24-30(45)49-34(5,6)7/h9-12,29,32,40H,8,13-25H2,1-7H3. The van der Waals surface area contributed by atoms with Crippen LogP contribution in [0.25, 0.3) is 0 Å². The van der Waals surface area contributed by atoms with Crippen molar-refractivity contribution < 1.29 is 46.2 Å². The van der Waals surface area contributed by atoms with Gasteiger partial charge in [0, 0.05) is 58.8 Å². The van der Waals surface area contributed by atoms with Gasteiger partial charge in [0.2, 0.25) is 0 Å². The fraction of sp³-hybridized carbons (Fsp3) is 0.743. The van der Waals surface area contributed by atoms with E-state index in [1.165, 1.54) is 12.1 Å². The quantitative estimate of drug-likeness (QED) is 0.223. The average Bonchev–Trinajstić information content (AvgIpc) is 2.96. The van der Waals surface area contributed by atoms with Crippen LogP contribution in [0.2, 0.25) is 0 Å². The number of benzene rings is 1. The maximum atomic E-state index is 13.5. The van der Waals surface area contributed by atoms with Crippen LogP contribution in [0.15, 0.2) is 24.3 Å². The summed E-state index contributed by atoms with van der Waals surface area (Å²) in [6.45, 7) is 16.3. The Morgan fingerprint density at radius 3 is 1.94 bits per heavy atom. The van der Waals surface area contributed by atoms with Crippen molar-refractivity contribution in [2.24, 2.45) is 5.41 Å². The molecule has 1 heterocycles. The highest BCUT2D eigenvalue weighted by atomic mass is 19.3. The van der Waals surface area contributed by atoms with Crippen LogP contribution in [0.1, 0.15) is 60.5 Å². The maximum absolute atomic E-state index is 13.5. The molecule has 0 spiro atoms. The number of hydrogen-bond donors (Lipinski definition) is 1. The van der Waals surface area contributed by atoms with E-state index in [-0.39, 0.29) is 49.0 Å². The van der Waals surface area contributed by atoms with Crippen molar-refractivity contribution in [3.8, 4) is 5.75 Å². The third-order valence-corrected chi connectivity index (χ3v) is 7.62. The van der Waals surface area contributed by atoms with Crippen molar-refractivity contribution in [3.63, 3.8) is 0 Å². The van der Waals surface area contributed by atoms with Gasteiger partial charge < -0.3 is 19.5 Å². The average molecular weight is 705 g/mol. The van der Waals surface area contributed by atoms with Crippen molar-refractivity contribution in [1.82, 2.24) is 20.0 Å². The molecular weight excluding hydrogens is 648 g/mol. The number of ketones is 1. The molecule has 14 heteroatoms. The predicted octanol–water partition coefficient (Wildman–Crippen LogP) is 4.30. The largest absolute Gasteiger partial charge is 0.487 e. The van der Waals surface area contributed by atoms with Gasteiger partial charge in [-0.05, 0) is 57.2 Å². The fourth-order valence-corrected chi connectivity index (χ4v) is 5.34. The van der Waals surface area contributed by atoms with Crippen LogP contribution in [0.4, 0.5) is 17.6 Å². The SMILES string of the molecule is CCOC(=O)C(Cc1ccc(OCC(F)(F)C(F)F)cc1)N1CCN(CC(=O)CC(C)(C)C)CCNCCN(CC(=O)OC(C)(C)C)CC1. The van der Waals surface area contributed by atoms with E-state index in [2.05, 4.69) is 10.2 Å². The topological polar surface area (TPSA) is 101 Å². The highest BCUT2D eigenvalue weighted by Gasteiger charge is 2.41. The molecule has 0 aromatic heterocycles. The summed E-state index contributed by atoms with van der Waals surface area (Å²) in [6, 6.07) is 5.22. The van der Waals surface area contributed by atoms with Crippen LogP contribution in [0.5, 0.6) is 5.75 Å². The zero-order valence-corrected chi connectivity index (χ0v) is 30.2. The summed E-state index contributed by atoms with van der Waals surface area (Å²) in [5, 5.41) is 3.41. The highest BCUT2D eigenvalue weighted by Crippen LogP contribution is 2.25. The third kappa shape index (κ3) is 17.1. The van der Waals surface area contributed by atoms with Gasteiger partial charge in [-0.2, -0.15) is 8.78 Å². The van der Waals surface area contributed by atoms with E-state index in [0.717, 1.165) is 0 Å². The number of halogens is 4. The molecule has 0 radical (unpaired) electrons. The number of rotatable bonds is 14. The number of hydrogen-bond acceptors (Lipinski definition) is 10. The summed E-state index contributed by atoms with van der Waals surface area (Å²) in [5.41, 5.74) is -0.115. The molecule has 1 aromatic rings. The van der Waals surface area contributed by atoms with E-state index in [0.29, 0.717) is 64.3 Å². The summed E-state index contributed by atoms with van der Waals surface area (Å²) in [6.07, 6.45) is -3.21. The molecular formula is C35H56F4N4O6. The number of carbonyl (C=O) groups excluding carboxylic acids is 3. The van der Waals surface area contributed by atoms with Gasteiger partial charge >= 0.3 is 24.3 Å². The van der Waals surface area contributed by atoms with Crippen molar-refractivity contribution in [3.05, 3.63) is 29.8 Å². The molecule has 0 saturated carbocycles. The van der Waals surface area contributed by atoms with Crippen molar-refractivity contribution in [2.45, 2.75) is 85.3 Å². The molecule has 0 amide bonds. The Morgan fingerprint density at radius 2 is 1.43 bits per heavy atom. The molecule has 1 fully saturated rings. The summed E-state index contributed by atoms with van der Waals surface area (Å²) in [5.74, 6) is -4.98. The Morgan fingerprint density at radius 1 is 0.857 bits per heavy atom. The minimum absolute atomic E-state index is 0.00923. The monoisotopic (exact) mass is 704 g/mol. The van der Waals surface area contributed by atoms with Crippen LogP contribution in [-0.4, -0.2) is 135 Å². The molecule has 2 rings (SSSR count). The summed E-state index contributed by atoms with van der Waals surface area (Å²) >= 11 is 0. The lowest BCUT2D eigenvalue weighted by molar-refractivity contribution is -0.156. The zero-order valence-electron chi connectivity index (χ0n) is 30.2. The normalized spacial score (nSPS) is 17.6. The molecule has 1 aromatic carbocycles. The lowest BCUT2D eigenvalue weighted by Crippen LogP contribution is -2.52. The van der Waals surface area contributed by atoms with E-state index in [9.17, 15) is 31.9 Å². The number of alkyl halides is 4. The summed E-state index contributed by atoms with van der Waals surface area (Å²) in [7, 11) is 0. The molecule has 1 atom stereocenters. The van der Waals surface area contributed by atoms with E-state index >= 15 is 0 Å². The Kier molecular flexibility index (Phi) is 16.9. The smallest absolute Gasteiger partial charge is 0.340 e. The van der Waals surface area contributed by atoms with Crippen LogP contribution >= 0.6 is 0 Å². The second-order valence-electron chi connectivity index (χ2n) is 14.7. The number of ether oxygens (including phenoxy) is 3. The van der Waals surface area contributed by atoms with E-state index in [4.69, 9.17) is 14.2 Å². The molecule has 1 N–H and O–H groups in total. The third-order valence-electron chi connectivity index (χ3n) is 7.62. The summed E-state index contributed by atoms with van der Waals surface area (Å²) in [4.78, 5) is 45.3. The first-order valence-corrected chi connectivity index (χ1v) is 17.0. The van der Waals surface area contributed by atoms with E-state index < -0.39 is 36.6 Å². The van der Waals surface area contributed by atoms with Gasteiger partial charge in [-0.1, -0.05) is 32.9 Å². The first-order chi connectivity index (χ1) is 22.8. The van der Waals surface area contributed by atoms with E-state index in [1.54, 1.807) is 19.1 Å². The molecule has 280 valence electrons. The van der Waals surface area contributed by atoms with Gasteiger partial charge in [0.1, 0.15) is 23.2 Å². The molecule has 0 aliphatic carbocycles. The maximum Gasteiger partial charge on any atom is 0.340 e. The predicted molar refractivity (Wildman–Crippen MR) is 179 cm³/mol. The molecule has 1 saturated heterocycles. The van der Waals surface area contributed by atoms with Gasteiger partial charge in [-0.3, -0.25) is 29.1 Å². The Hall–Kier alpha value is -2.81. The highest BCUT2D eigenvalue weighted by molar-refractivity contribution is 5.81. The minimum Gasteiger partial charge on any atom is -0.487 e. The zero-order chi connectivity index (χ0) is 36.8. The molecule has 49 heavy (non-hydrogen) atoms. The molecule has 1 aliphatic rings. The second-order valence-corrected chi connectivity index (χ2v) is 14.7. The van der Waals surface area contributed by atoms with Crippen molar-refractivity contribution in [1.29, 1.82) is 0 Å². The fourth-order valence-electron chi connectivity index (χ4n) is 5.34.